The average Bonchev–Trinajstić information content (AvgIpc) is 2.73. The molecule has 0 aliphatic heterocycles. The zero-order chi connectivity index (χ0) is 12.7. The first-order valence-electron chi connectivity index (χ1n) is 5.25. The van der Waals surface area contributed by atoms with Crippen molar-refractivity contribution >= 4 is 44.3 Å². The van der Waals surface area contributed by atoms with Crippen molar-refractivity contribution in [3.8, 4) is 11.5 Å². The van der Waals surface area contributed by atoms with Crippen molar-refractivity contribution in [1.82, 2.24) is 4.98 Å². The molecule has 2 aromatic carbocycles. The third-order valence-corrected chi connectivity index (χ3v) is 3.25. The number of oxazole rings is 1. The van der Waals surface area contributed by atoms with E-state index in [0.29, 0.717) is 22.2 Å². The van der Waals surface area contributed by atoms with Gasteiger partial charge in [0.15, 0.2) is 5.58 Å². The summed E-state index contributed by atoms with van der Waals surface area (Å²) in [5.74, 6) is 0.511. The largest absolute Gasteiger partial charge is 0.434 e. The van der Waals surface area contributed by atoms with Crippen molar-refractivity contribution in [3.63, 3.8) is 0 Å². The molecule has 0 aliphatic rings. The fourth-order valence-corrected chi connectivity index (χ4v) is 2.42. The molecule has 1 aromatic heterocycles. The summed E-state index contributed by atoms with van der Waals surface area (Å²) < 4.78 is 6.55. The van der Waals surface area contributed by atoms with Crippen LogP contribution in [0.15, 0.2) is 45.3 Å². The van der Waals surface area contributed by atoms with Crippen molar-refractivity contribution in [2.24, 2.45) is 0 Å². The van der Waals surface area contributed by atoms with Gasteiger partial charge in [-0.15, -0.1) is 0 Å². The van der Waals surface area contributed by atoms with Crippen LogP contribution in [0.3, 0.4) is 0 Å². The van der Waals surface area contributed by atoms with Crippen LogP contribution in [0, 0.1) is 0 Å². The van der Waals surface area contributed by atoms with E-state index in [4.69, 9.17) is 21.8 Å². The minimum atomic E-state index is 0.511. The maximum atomic E-state index is 5.95. The van der Waals surface area contributed by atoms with Gasteiger partial charge < -0.3 is 10.2 Å². The molecule has 0 aliphatic carbocycles. The third kappa shape index (κ3) is 1.98. The van der Waals surface area contributed by atoms with E-state index in [1.807, 2.05) is 18.2 Å². The minimum absolute atomic E-state index is 0.511. The predicted molar refractivity (Wildman–Crippen MR) is 76.6 cm³/mol. The normalized spacial score (nSPS) is 11.0. The van der Waals surface area contributed by atoms with Crippen LogP contribution in [0.25, 0.3) is 22.6 Å². The second-order valence-corrected chi connectivity index (χ2v) is 5.22. The fraction of sp³-hybridized carbons (Fsp3) is 0. The van der Waals surface area contributed by atoms with E-state index in [2.05, 4.69) is 20.9 Å². The monoisotopic (exact) mass is 322 g/mol. The zero-order valence-electron chi connectivity index (χ0n) is 9.15. The number of hydrogen-bond acceptors (Lipinski definition) is 3. The molecule has 3 rings (SSSR count). The van der Waals surface area contributed by atoms with E-state index < -0.39 is 0 Å². The Morgan fingerprint density at radius 1 is 1.22 bits per heavy atom. The summed E-state index contributed by atoms with van der Waals surface area (Å²) in [6.45, 7) is 0. The van der Waals surface area contributed by atoms with E-state index in [1.54, 1.807) is 18.2 Å². The average molecular weight is 324 g/mol. The summed E-state index contributed by atoms with van der Waals surface area (Å²) in [5.41, 5.74) is 8.58. The Hall–Kier alpha value is -1.52. The lowest BCUT2D eigenvalue weighted by molar-refractivity contribution is 0.621. The number of halogens is 2. The molecule has 0 saturated heterocycles. The summed E-state index contributed by atoms with van der Waals surface area (Å²) in [7, 11) is 0. The van der Waals surface area contributed by atoms with Crippen molar-refractivity contribution in [2.45, 2.75) is 0 Å². The van der Waals surface area contributed by atoms with Gasteiger partial charge in [0.2, 0.25) is 5.89 Å². The van der Waals surface area contributed by atoms with Crippen LogP contribution < -0.4 is 5.73 Å². The SMILES string of the molecule is Nc1cc(Br)cc2nc(-c3cccc(Cl)c3)oc12. The van der Waals surface area contributed by atoms with Gasteiger partial charge in [-0.3, -0.25) is 0 Å². The molecule has 0 atom stereocenters. The first kappa shape index (κ1) is 11.6. The number of hydrogen-bond donors (Lipinski definition) is 1. The van der Waals surface area contributed by atoms with Crippen molar-refractivity contribution in [3.05, 3.63) is 45.9 Å². The summed E-state index contributed by atoms with van der Waals surface area (Å²) in [4.78, 5) is 4.41. The Balaban J connectivity index is 2.22. The van der Waals surface area contributed by atoms with E-state index in [1.165, 1.54) is 0 Å². The van der Waals surface area contributed by atoms with E-state index in [0.717, 1.165) is 15.6 Å². The van der Waals surface area contributed by atoms with Crippen LogP contribution in [0.1, 0.15) is 0 Å². The second kappa shape index (κ2) is 4.30. The van der Waals surface area contributed by atoms with Gasteiger partial charge in [-0.2, -0.15) is 0 Å². The van der Waals surface area contributed by atoms with Gasteiger partial charge in [-0.25, -0.2) is 4.98 Å². The molecule has 0 saturated carbocycles. The molecule has 0 spiro atoms. The standard InChI is InChI=1S/C13H8BrClN2O/c14-8-5-10(16)12-11(6-8)17-13(18-12)7-2-1-3-9(15)4-7/h1-6H,16H2. The second-order valence-electron chi connectivity index (χ2n) is 3.87. The van der Waals surface area contributed by atoms with Gasteiger partial charge in [-0.05, 0) is 30.3 Å². The van der Waals surface area contributed by atoms with Gasteiger partial charge in [0.25, 0.3) is 0 Å². The molecule has 2 N–H and O–H groups in total. The van der Waals surface area contributed by atoms with E-state index >= 15 is 0 Å². The van der Waals surface area contributed by atoms with Crippen LogP contribution in [0.5, 0.6) is 0 Å². The van der Waals surface area contributed by atoms with Crippen molar-refractivity contribution in [2.75, 3.05) is 5.73 Å². The Morgan fingerprint density at radius 3 is 2.83 bits per heavy atom. The number of nitrogens with zero attached hydrogens (tertiary/aromatic N) is 1. The predicted octanol–water partition coefficient (Wildman–Crippen LogP) is 4.49. The van der Waals surface area contributed by atoms with Gasteiger partial charge in [0.1, 0.15) is 5.52 Å². The first-order chi connectivity index (χ1) is 8.63. The van der Waals surface area contributed by atoms with Crippen LogP contribution in [-0.2, 0) is 0 Å². The Bertz CT molecular complexity index is 739. The van der Waals surface area contributed by atoms with Crippen LogP contribution >= 0.6 is 27.5 Å². The molecule has 3 aromatic rings. The molecule has 3 nitrogen and oxygen atoms in total. The minimum Gasteiger partial charge on any atom is -0.434 e. The molecule has 1 heterocycles. The summed E-state index contributed by atoms with van der Waals surface area (Å²) in [6.07, 6.45) is 0. The Kier molecular flexibility index (Phi) is 2.76. The molecule has 5 heteroatoms. The fourth-order valence-electron chi connectivity index (χ4n) is 1.77. The summed E-state index contributed by atoms with van der Waals surface area (Å²) in [6, 6.07) is 11.0. The number of rotatable bonds is 1. The molecule has 0 bridgehead atoms. The lowest BCUT2D eigenvalue weighted by Gasteiger charge is -1.95. The van der Waals surface area contributed by atoms with E-state index in [-0.39, 0.29) is 0 Å². The molecule has 0 amide bonds. The lowest BCUT2D eigenvalue weighted by Crippen LogP contribution is -1.84. The number of anilines is 1. The molecule has 0 fully saturated rings. The quantitative estimate of drug-likeness (QED) is 0.671. The van der Waals surface area contributed by atoms with Gasteiger partial charge in [0, 0.05) is 15.1 Å². The number of aromatic nitrogens is 1. The van der Waals surface area contributed by atoms with E-state index in [9.17, 15) is 0 Å². The van der Waals surface area contributed by atoms with Crippen LogP contribution in [0.2, 0.25) is 5.02 Å². The molecule has 90 valence electrons. The number of nitrogens with two attached hydrogens (primary N) is 1. The lowest BCUT2D eigenvalue weighted by atomic mass is 10.2. The first-order valence-corrected chi connectivity index (χ1v) is 6.42. The van der Waals surface area contributed by atoms with Gasteiger partial charge in [-0.1, -0.05) is 33.6 Å². The topological polar surface area (TPSA) is 52.0 Å². The molecular weight excluding hydrogens is 316 g/mol. The highest BCUT2D eigenvalue weighted by Gasteiger charge is 2.11. The molecular formula is C13H8BrClN2O. The number of benzene rings is 2. The highest BCUT2D eigenvalue weighted by atomic mass is 79.9. The molecule has 18 heavy (non-hydrogen) atoms. The van der Waals surface area contributed by atoms with Crippen LogP contribution in [0.4, 0.5) is 5.69 Å². The van der Waals surface area contributed by atoms with Crippen molar-refractivity contribution in [1.29, 1.82) is 0 Å². The number of nitrogen functional groups attached to an aromatic ring is 1. The van der Waals surface area contributed by atoms with Gasteiger partial charge >= 0.3 is 0 Å². The maximum absolute atomic E-state index is 5.95. The molecule has 0 radical (unpaired) electrons. The number of fused-ring (bicyclic) bond motifs is 1. The maximum Gasteiger partial charge on any atom is 0.227 e. The van der Waals surface area contributed by atoms with Gasteiger partial charge in [0.05, 0.1) is 5.69 Å². The molecule has 0 unspecified atom stereocenters. The Labute approximate surface area is 117 Å². The highest BCUT2D eigenvalue weighted by Crippen LogP contribution is 2.31. The van der Waals surface area contributed by atoms with Crippen molar-refractivity contribution < 1.29 is 4.42 Å². The smallest absolute Gasteiger partial charge is 0.227 e. The summed E-state index contributed by atoms with van der Waals surface area (Å²) in [5, 5.41) is 0.643. The zero-order valence-corrected chi connectivity index (χ0v) is 11.5. The highest BCUT2D eigenvalue weighted by molar-refractivity contribution is 9.10. The Morgan fingerprint density at radius 2 is 2.06 bits per heavy atom. The summed E-state index contributed by atoms with van der Waals surface area (Å²) >= 11 is 9.33. The van der Waals surface area contributed by atoms with Crippen LogP contribution in [-0.4, -0.2) is 4.98 Å². The third-order valence-electron chi connectivity index (χ3n) is 2.56.